The molecule has 1 aromatic heterocycles. The number of rotatable bonds is 7. The molecule has 1 aromatic carbocycles. The molecule has 0 saturated carbocycles. The molecule has 2 rings (SSSR count). The summed E-state index contributed by atoms with van der Waals surface area (Å²) in [5.74, 6) is -0.329. The number of anilines is 1. The fourth-order valence-corrected chi connectivity index (χ4v) is 1.94. The van der Waals surface area contributed by atoms with Crippen LogP contribution in [0, 0.1) is 6.92 Å². The van der Waals surface area contributed by atoms with E-state index in [1.165, 1.54) is 6.20 Å². The van der Waals surface area contributed by atoms with E-state index in [2.05, 4.69) is 10.3 Å². The van der Waals surface area contributed by atoms with Crippen LogP contribution in [0.15, 0.2) is 42.6 Å². The second-order valence-corrected chi connectivity index (χ2v) is 5.32. The minimum absolute atomic E-state index is 0.0504. The highest BCUT2D eigenvalue weighted by atomic mass is 35.5. The topological polar surface area (TPSA) is 77.5 Å². The van der Waals surface area contributed by atoms with Gasteiger partial charge in [-0.1, -0.05) is 29.3 Å². The number of hydrogen-bond acceptors (Lipinski definition) is 5. The number of benzene rings is 1. The molecular weight excluding hydrogens is 332 g/mol. The molecule has 0 saturated heterocycles. The summed E-state index contributed by atoms with van der Waals surface area (Å²) in [6, 6.07) is 10.7. The summed E-state index contributed by atoms with van der Waals surface area (Å²) in [6.45, 7) is 1.76. The Balaban J connectivity index is 1.66. The highest BCUT2D eigenvalue weighted by molar-refractivity contribution is 6.32. The van der Waals surface area contributed by atoms with E-state index in [4.69, 9.17) is 21.1 Å². The van der Waals surface area contributed by atoms with Gasteiger partial charge in [-0.2, -0.15) is 0 Å². The number of nitrogens with zero attached hydrogens (tertiary/aromatic N) is 1. The van der Waals surface area contributed by atoms with Crippen LogP contribution < -0.4 is 10.1 Å². The molecule has 126 valence electrons. The maximum atomic E-state index is 11.7. The molecule has 6 nitrogen and oxygen atoms in total. The normalized spacial score (nSPS) is 10.1. The number of nitrogens with one attached hydrogen (secondary N) is 1. The third kappa shape index (κ3) is 5.89. The summed E-state index contributed by atoms with van der Waals surface area (Å²) in [5, 5.41) is 2.68. The molecule has 0 unspecified atom stereocenters. The van der Waals surface area contributed by atoms with Crippen molar-refractivity contribution in [3.05, 3.63) is 53.3 Å². The molecule has 0 fully saturated rings. The first-order valence-electron chi connectivity index (χ1n) is 7.30. The van der Waals surface area contributed by atoms with Gasteiger partial charge >= 0.3 is 5.97 Å². The molecular formula is C17H17ClN2O4. The van der Waals surface area contributed by atoms with Gasteiger partial charge in [0.2, 0.25) is 0 Å². The van der Waals surface area contributed by atoms with Crippen LogP contribution in [0.5, 0.6) is 5.75 Å². The Morgan fingerprint density at radius 3 is 2.67 bits per heavy atom. The first-order chi connectivity index (χ1) is 11.5. The number of aromatic nitrogens is 1. The van der Waals surface area contributed by atoms with Crippen LogP contribution in [0.25, 0.3) is 0 Å². The lowest BCUT2D eigenvalue weighted by Crippen LogP contribution is -2.21. The van der Waals surface area contributed by atoms with Crippen molar-refractivity contribution in [2.75, 3.05) is 18.5 Å². The number of hydrogen-bond donors (Lipinski definition) is 1. The minimum atomic E-state index is -0.519. The van der Waals surface area contributed by atoms with E-state index in [0.717, 1.165) is 5.56 Å². The van der Waals surface area contributed by atoms with E-state index in [-0.39, 0.29) is 18.2 Å². The van der Waals surface area contributed by atoms with Gasteiger partial charge < -0.3 is 14.8 Å². The van der Waals surface area contributed by atoms with Crippen LogP contribution >= 0.6 is 11.6 Å². The van der Waals surface area contributed by atoms with Crippen LogP contribution in [0.3, 0.4) is 0 Å². The largest absolute Gasteiger partial charge is 0.493 e. The Labute approximate surface area is 144 Å². The Hall–Kier alpha value is -2.60. The van der Waals surface area contributed by atoms with Gasteiger partial charge in [-0.25, -0.2) is 4.98 Å². The van der Waals surface area contributed by atoms with Crippen LogP contribution in [0.2, 0.25) is 5.15 Å². The van der Waals surface area contributed by atoms with E-state index in [1.54, 1.807) is 12.1 Å². The fourth-order valence-electron chi connectivity index (χ4n) is 1.77. The van der Waals surface area contributed by atoms with Gasteiger partial charge in [-0.3, -0.25) is 9.59 Å². The lowest BCUT2D eigenvalue weighted by atomic mass is 10.2. The van der Waals surface area contributed by atoms with Crippen molar-refractivity contribution in [2.45, 2.75) is 13.3 Å². The lowest BCUT2D eigenvalue weighted by molar-refractivity contribution is -0.147. The monoisotopic (exact) mass is 348 g/mol. The van der Waals surface area contributed by atoms with Gasteiger partial charge in [0.1, 0.15) is 5.75 Å². The summed E-state index contributed by atoms with van der Waals surface area (Å²) in [5.41, 5.74) is 1.49. The summed E-state index contributed by atoms with van der Waals surface area (Å²) < 4.78 is 10.3. The fraction of sp³-hybridized carbons (Fsp3) is 0.235. The molecule has 1 amide bonds. The zero-order chi connectivity index (χ0) is 17.4. The van der Waals surface area contributed by atoms with Crippen molar-refractivity contribution < 1.29 is 19.1 Å². The third-order valence-electron chi connectivity index (χ3n) is 2.99. The molecule has 0 radical (unpaired) electrons. The number of ether oxygens (including phenoxy) is 2. The Kier molecular flexibility index (Phi) is 6.57. The summed E-state index contributed by atoms with van der Waals surface area (Å²) in [7, 11) is 0. The van der Waals surface area contributed by atoms with Crippen molar-refractivity contribution in [1.29, 1.82) is 0 Å². The van der Waals surface area contributed by atoms with Crippen molar-refractivity contribution in [2.24, 2.45) is 0 Å². The van der Waals surface area contributed by atoms with Gasteiger partial charge in [0.05, 0.1) is 18.7 Å². The van der Waals surface area contributed by atoms with Gasteiger partial charge in [0.25, 0.3) is 5.91 Å². The Morgan fingerprint density at radius 1 is 1.21 bits per heavy atom. The van der Waals surface area contributed by atoms with Crippen molar-refractivity contribution >= 4 is 29.2 Å². The predicted octanol–water partition coefficient (Wildman–Crippen LogP) is 2.99. The highest BCUT2D eigenvalue weighted by Crippen LogP contribution is 2.17. The average molecular weight is 349 g/mol. The lowest BCUT2D eigenvalue weighted by Gasteiger charge is -2.08. The van der Waals surface area contributed by atoms with Gasteiger partial charge in [0, 0.05) is 6.20 Å². The summed E-state index contributed by atoms with van der Waals surface area (Å²) in [4.78, 5) is 27.1. The molecule has 1 N–H and O–H groups in total. The Morgan fingerprint density at radius 2 is 1.96 bits per heavy atom. The first-order valence-corrected chi connectivity index (χ1v) is 7.68. The number of pyridine rings is 1. The number of halogens is 1. The van der Waals surface area contributed by atoms with Gasteiger partial charge in [0.15, 0.2) is 11.8 Å². The molecule has 0 spiro atoms. The van der Waals surface area contributed by atoms with Gasteiger partial charge in [-0.05, 0) is 31.2 Å². The first kappa shape index (κ1) is 17.7. The third-order valence-corrected chi connectivity index (χ3v) is 3.29. The maximum Gasteiger partial charge on any atom is 0.309 e. The summed E-state index contributed by atoms with van der Waals surface area (Å²) >= 11 is 5.82. The summed E-state index contributed by atoms with van der Waals surface area (Å²) in [6.07, 6.45) is 1.56. The number of carbonyl (C=O) groups is 2. The van der Waals surface area contributed by atoms with E-state index in [9.17, 15) is 9.59 Å². The number of esters is 1. The average Bonchev–Trinajstić information content (AvgIpc) is 2.57. The second-order valence-electron chi connectivity index (χ2n) is 4.96. The van der Waals surface area contributed by atoms with Crippen molar-refractivity contribution in [1.82, 2.24) is 4.98 Å². The smallest absolute Gasteiger partial charge is 0.309 e. The molecule has 0 atom stereocenters. The van der Waals surface area contributed by atoms with Crippen LogP contribution in [-0.2, 0) is 14.3 Å². The van der Waals surface area contributed by atoms with Crippen LogP contribution in [0.1, 0.15) is 12.0 Å². The second kappa shape index (κ2) is 8.88. The maximum absolute atomic E-state index is 11.7. The Bertz CT molecular complexity index is 704. The van der Waals surface area contributed by atoms with E-state index >= 15 is 0 Å². The highest BCUT2D eigenvalue weighted by Gasteiger charge is 2.10. The molecule has 0 aliphatic carbocycles. The predicted molar refractivity (Wildman–Crippen MR) is 90.1 cm³/mol. The van der Waals surface area contributed by atoms with Crippen molar-refractivity contribution in [3.8, 4) is 5.75 Å². The molecule has 0 bridgehead atoms. The molecule has 24 heavy (non-hydrogen) atoms. The zero-order valence-corrected chi connectivity index (χ0v) is 13.9. The quantitative estimate of drug-likeness (QED) is 0.614. The molecule has 0 aliphatic heterocycles. The minimum Gasteiger partial charge on any atom is -0.493 e. The van der Waals surface area contributed by atoms with Crippen LogP contribution in [-0.4, -0.2) is 30.1 Å². The molecule has 1 heterocycles. The number of aryl methyl sites for hydroxylation is 1. The number of amides is 1. The molecule has 0 aliphatic rings. The molecule has 7 heteroatoms. The standard InChI is InChI=1S/C17H17ClN2O4/c1-12-4-6-13(7-5-12)23-10-8-16(22)24-11-15(21)20-14-3-2-9-19-17(14)18/h2-7,9H,8,10-11H2,1H3,(H,20,21). The van der Waals surface area contributed by atoms with E-state index < -0.39 is 18.5 Å². The SMILES string of the molecule is Cc1ccc(OCCC(=O)OCC(=O)Nc2cccnc2Cl)cc1. The van der Waals surface area contributed by atoms with E-state index in [1.807, 2.05) is 31.2 Å². The van der Waals surface area contributed by atoms with E-state index in [0.29, 0.717) is 11.4 Å². The number of carbonyl (C=O) groups excluding carboxylic acids is 2. The van der Waals surface area contributed by atoms with Crippen molar-refractivity contribution in [3.63, 3.8) is 0 Å². The van der Waals surface area contributed by atoms with Gasteiger partial charge in [-0.15, -0.1) is 0 Å². The molecule has 2 aromatic rings. The zero-order valence-electron chi connectivity index (χ0n) is 13.1. The van der Waals surface area contributed by atoms with Crippen LogP contribution in [0.4, 0.5) is 5.69 Å².